The smallest absolute Gasteiger partial charge is 0.257 e. The quantitative estimate of drug-likeness (QED) is 0.658. The van der Waals surface area contributed by atoms with Crippen LogP contribution in [-0.4, -0.2) is 44.7 Å². The predicted octanol–water partition coefficient (Wildman–Crippen LogP) is 3.14. The van der Waals surface area contributed by atoms with Crippen LogP contribution in [0, 0.1) is 0 Å². The highest BCUT2D eigenvalue weighted by atomic mass is 35.5. The van der Waals surface area contributed by atoms with E-state index in [1.165, 1.54) is 0 Å². The average Bonchev–Trinajstić information content (AvgIpc) is 3.15. The number of carbonyl (C=O) groups is 2. The first-order chi connectivity index (χ1) is 14.1. The first kappa shape index (κ1) is 17.8. The number of hydrogen-bond donors (Lipinski definition) is 0. The number of aromatic nitrogens is 2. The molecule has 7 heteroatoms. The maximum Gasteiger partial charge on any atom is 0.257 e. The van der Waals surface area contributed by atoms with Crippen LogP contribution in [0.1, 0.15) is 32.0 Å². The Balaban J connectivity index is 1.70. The SMILES string of the molecule is O=C(c1cccnc1)N1CCN2C(=O)c3cccnc3CC12c1ccc(Cl)cc1. The summed E-state index contributed by atoms with van der Waals surface area (Å²) in [4.78, 5) is 38.9. The van der Waals surface area contributed by atoms with E-state index in [-0.39, 0.29) is 11.8 Å². The van der Waals surface area contributed by atoms with Crippen LogP contribution >= 0.6 is 11.6 Å². The van der Waals surface area contributed by atoms with Crippen molar-refractivity contribution in [3.05, 3.63) is 94.5 Å². The topological polar surface area (TPSA) is 66.4 Å². The van der Waals surface area contributed by atoms with Crippen molar-refractivity contribution in [1.29, 1.82) is 0 Å². The number of nitrogens with zero attached hydrogens (tertiary/aromatic N) is 4. The van der Waals surface area contributed by atoms with E-state index in [0.29, 0.717) is 41.4 Å². The highest BCUT2D eigenvalue weighted by Crippen LogP contribution is 2.45. The second kappa shape index (κ2) is 6.67. The van der Waals surface area contributed by atoms with Gasteiger partial charge in [-0.3, -0.25) is 19.6 Å². The summed E-state index contributed by atoms with van der Waals surface area (Å²) in [7, 11) is 0. The highest BCUT2D eigenvalue weighted by Gasteiger charge is 2.56. The van der Waals surface area contributed by atoms with Crippen molar-refractivity contribution in [2.45, 2.75) is 12.1 Å². The fourth-order valence-electron chi connectivity index (χ4n) is 4.37. The Bertz CT molecular complexity index is 1100. The van der Waals surface area contributed by atoms with Gasteiger partial charge in [-0.15, -0.1) is 0 Å². The third-order valence-corrected chi connectivity index (χ3v) is 5.93. The van der Waals surface area contributed by atoms with Crippen molar-refractivity contribution in [3.8, 4) is 0 Å². The predicted molar refractivity (Wildman–Crippen MR) is 107 cm³/mol. The molecule has 0 radical (unpaired) electrons. The molecule has 0 spiro atoms. The fraction of sp³-hybridized carbons (Fsp3) is 0.182. The van der Waals surface area contributed by atoms with E-state index in [0.717, 1.165) is 5.56 Å². The molecule has 3 aromatic rings. The molecule has 1 aromatic carbocycles. The molecule has 0 N–H and O–H groups in total. The molecule has 29 heavy (non-hydrogen) atoms. The number of hydrogen-bond acceptors (Lipinski definition) is 4. The summed E-state index contributed by atoms with van der Waals surface area (Å²) < 4.78 is 0. The first-order valence-electron chi connectivity index (χ1n) is 9.35. The first-order valence-corrected chi connectivity index (χ1v) is 9.73. The molecule has 0 bridgehead atoms. The molecule has 4 heterocycles. The molecule has 144 valence electrons. The number of fused-ring (bicyclic) bond motifs is 2. The zero-order chi connectivity index (χ0) is 20.0. The number of amides is 2. The van der Waals surface area contributed by atoms with Crippen LogP contribution in [0.15, 0.2) is 67.1 Å². The summed E-state index contributed by atoms with van der Waals surface area (Å²) in [5.41, 5.74) is 1.65. The van der Waals surface area contributed by atoms with Crippen LogP contribution in [0.25, 0.3) is 0 Å². The third-order valence-electron chi connectivity index (χ3n) is 5.68. The number of rotatable bonds is 2. The zero-order valence-corrected chi connectivity index (χ0v) is 16.2. The van der Waals surface area contributed by atoms with Gasteiger partial charge < -0.3 is 9.80 Å². The summed E-state index contributed by atoms with van der Waals surface area (Å²) in [6.45, 7) is 0.873. The number of carbonyl (C=O) groups excluding carboxylic acids is 2. The molecular weight excluding hydrogens is 388 g/mol. The highest BCUT2D eigenvalue weighted by molar-refractivity contribution is 6.30. The van der Waals surface area contributed by atoms with E-state index in [9.17, 15) is 9.59 Å². The van der Waals surface area contributed by atoms with Gasteiger partial charge in [0.15, 0.2) is 0 Å². The zero-order valence-electron chi connectivity index (χ0n) is 15.5. The van der Waals surface area contributed by atoms with E-state index in [1.807, 2.05) is 12.1 Å². The van der Waals surface area contributed by atoms with Crippen molar-refractivity contribution in [1.82, 2.24) is 19.8 Å². The van der Waals surface area contributed by atoms with Gasteiger partial charge in [0.2, 0.25) is 0 Å². The second-order valence-corrected chi connectivity index (χ2v) is 7.59. The lowest BCUT2D eigenvalue weighted by atomic mass is 9.86. The van der Waals surface area contributed by atoms with Gasteiger partial charge >= 0.3 is 0 Å². The van der Waals surface area contributed by atoms with Crippen molar-refractivity contribution in [2.24, 2.45) is 0 Å². The average molecular weight is 405 g/mol. The van der Waals surface area contributed by atoms with Crippen LogP contribution in [0.4, 0.5) is 0 Å². The molecule has 6 nitrogen and oxygen atoms in total. The Morgan fingerprint density at radius 1 is 1.03 bits per heavy atom. The van der Waals surface area contributed by atoms with Crippen molar-refractivity contribution in [2.75, 3.05) is 13.1 Å². The molecule has 1 atom stereocenters. The Kier molecular flexibility index (Phi) is 4.10. The minimum atomic E-state index is -0.948. The van der Waals surface area contributed by atoms with Gasteiger partial charge in [0.05, 0.1) is 16.8 Å². The second-order valence-electron chi connectivity index (χ2n) is 7.15. The third kappa shape index (κ3) is 2.63. The molecule has 5 rings (SSSR count). The lowest BCUT2D eigenvalue weighted by molar-refractivity contribution is 0.00702. The molecular formula is C22H17ClN4O2. The lowest BCUT2D eigenvalue weighted by Gasteiger charge is -2.46. The molecule has 2 aliphatic heterocycles. The summed E-state index contributed by atoms with van der Waals surface area (Å²) in [5.74, 6) is -0.279. The maximum atomic E-state index is 13.5. The molecule has 2 aromatic heterocycles. The summed E-state index contributed by atoms with van der Waals surface area (Å²) in [6, 6.07) is 14.4. The van der Waals surface area contributed by atoms with Crippen LogP contribution in [0.3, 0.4) is 0 Å². The van der Waals surface area contributed by atoms with Crippen LogP contribution in [0.2, 0.25) is 5.02 Å². The number of halogens is 1. The molecule has 2 aliphatic rings. The van der Waals surface area contributed by atoms with Crippen LogP contribution < -0.4 is 0 Å². The number of benzene rings is 1. The minimum Gasteiger partial charge on any atom is -0.309 e. The molecule has 2 amide bonds. The van der Waals surface area contributed by atoms with Crippen LogP contribution in [0.5, 0.6) is 0 Å². The normalized spacial score (nSPS) is 20.4. The lowest BCUT2D eigenvalue weighted by Crippen LogP contribution is -2.58. The van der Waals surface area contributed by atoms with Gasteiger partial charge in [-0.05, 0) is 42.0 Å². The van der Waals surface area contributed by atoms with E-state index < -0.39 is 5.66 Å². The summed E-state index contributed by atoms with van der Waals surface area (Å²) in [5, 5.41) is 0.598. The molecule has 1 unspecified atom stereocenters. The van der Waals surface area contributed by atoms with Gasteiger partial charge in [-0.2, -0.15) is 0 Å². The van der Waals surface area contributed by atoms with E-state index in [4.69, 9.17) is 11.6 Å². The van der Waals surface area contributed by atoms with Crippen molar-refractivity contribution < 1.29 is 9.59 Å². The van der Waals surface area contributed by atoms with Crippen molar-refractivity contribution in [3.63, 3.8) is 0 Å². The Labute approximate surface area is 172 Å². The summed E-state index contributed by atoms with van der Waals surface area (Å²) in [6.07, 6.45) is 5.28. The number of pyridine rings is 2. The van der Waals surface area contributed by atoms with Gasteiger partial charge in [0.1, 0.15) is 5.66 Å². The fourth-order valence-corrected chi connectivity index (χ4v) is 4.50. The largest absolute Gasteiger partial charge is 0.309 e. The maximum absolute atomic E-state index is 13.5. The standard InChI is InChI=1S/C22H17ClN4O2/c23-17-7-5-16(6-8-17)22-13-19-18(4-2-10-25-19)21(29)27(22)12-11-26(22)20(28)15-3-1-9-24-14-15/h1-10,14H,11-13H2. The van der Waals surface area contributed by atoms with E-state index >= 15 is 0 Å². The summed E-state index contributed by atoms with van der Waals surface area (Å²) >= 11 is 6.11. The van der Waals surface area contributed by atoms with Gasteiger partial charge in [-0.1, -0.05) is 23.7 Å². The minimum absolute atomic E-state index is 0.115. The van der Waals surface area contributed by atoms with E-state index in [1.54, 1.807) is 64.8 Å². The molecule has 0 aliphatic carbocycles. The Morgan fingerprint density at radius 3 is 2.59 bits per heavy atom. The Morgan fingerprint density at radius 2 is 1.83 bits per heavy atom. The molecule has 1 fully saturated rings. The monoisotopic (exact) mass is 404 g/mol. The van der Waals surface area contributed by atoms with Crippen LogP contribution in [-0.2, 0) is 12.1 Å². The van der Waals surface area contributed by atoms with Gasteiger partial charge in [0, 0.05) is 43.1 Å². The van der Waals surface area contributed by atoms with Gasteiger partial charge in [-0.25, -0.2) is 0 Å². The van der Waals surface area contributed by atoms with Gasteiger partial charge in [0.25, 0.3) is 11.8 Å². The van der Waals surface area contributed by atoms with Crippen molar-refractivity contribution >= 4 is 23.4 Å². The molecule has 1 saturated heterocycles. The van der Waals surface area contributed by atoms with E-state index in [2.05, 4.69) is 9.97 Å². The molecule has 0 saturated carbocycles. The Hall–Kier alpha value is -3.25.